The van der Waals surface area contributed by atoms with E-state index in [1.54, 1.807) is 0 Å². The fourth-order valence-corrected chi connectivity index (χ4v) is 1.86. The van der Waals surface area contributed by atoms with E-state index < -0.39 is 23.9 Å². The molecule has 2 aliphatic rings. The molecule has 0 aliphatic carbocycles. The second-order valence-corrected chi connectivity index (χ2v) is 4.64. The fraction of sp³-hybridized carbons (Fsp3) is 0. The summed E-state index contributed by atoms with van der Waals surface area (Å²) >= 11 is 0. The standard InChI is InChI=1S/C16H8O8/c17-13-9-4-6-10(7-5-9)14(18)22-24-16(20)12-3-1-2-11(8-12)15(19)23-21-13/h1-8H. The molecule has 0 aromatic heterocycles. The lowest BCUT2D eigenvalue weighted by Crippen LogP contribution is -2.13. The zero-order valence-electron chi connectivity index (χ0n) is 11.9. The highest BCUT2D eigenvalue weighted by Gasteiger charge is 2.20. The minimum atomic E-state index is -0.985. The summed E-state index contributed by atoms with van der Waals surface area (Å²) in [6.07, 6.45) is 0. The van der Waals surface area contributed by atoms with Gasteiger partial charge in [0.2, 0.25) is 0 Å². The Morgan fingerprint density at radius 2 is 0.792 bits per heavy atom. The van der Waals surface area contributed by atoms with Gasteiger partial charge in [-0.05, 0) is 42.5 Å². The van der Waals surface area contributed by atoms with Crippen molar-refractivity contribution in [2.45, 2.75) is 0 Å². The Hall–Kier alpha value is -3.68. The van der Waals surface area contributed by atoms with Gasteiger partial charge in [-0.3, -0.25) is 0 Å². The van der Waals surface area contributed by atoms with Crippen molar-refractivity contribution in [3.05, 3.63) is 70.8 Å². The van der Waals surface area contributed by atoms with Crippen molar-refractivity contribution >= 4 is 23.9 Å². The minimum Gasteiger partial charge on any atom is -0.242 e. The third kappa shape index (κ3) is 3.07. The van der Waals surface area contributed by atoms with Gasteiger partial charge < -0.3 is 0 Å². The van der Waals surface area contributed by atoms with Crippen LogP contribution in [0, 0.1) is 0 Å². The van der Waals surface area contributed by atoms with Gasteiger partial charge >= 0.3 is 23.9 Å². The first-order valence-electron chi connectivity index (χ1n) is 6.61. The van der Waals surface area contributed by atoms with Gasteiger partial charge in [-0.15, -0.1) is 0 Å². The summed E-state index contributed by atoms with van der Waals surface area (Å²) in [4.78, 5) is 65.0. The molecule has 0 saturated carbocycles. The summed E-state index contributed by atoms with van der Waals surface area (Å²) in [7, 11) is 0. The summed E-state index contributed by atoms with van der Waals surface area (Å²) in [5, 5.41) is 0. The summed E-state index contributed by atoms with van der Waals surface area (Å²) < 4.78 is 0. The molecule has 4 bridgehead atoms. The number of benzene rings is 2. The Labute approximate surface area is 134 Å². The first-order valence-corrected chi connectivity index (χ1v) is 6.61. The van der Waals surface area contributed by atoms with Crippen molar-refractivity contribution in [2.75, 3.05) is 0 Å². The number of hydrogen-bond acceptors (Lipinski definition) is 8. The predicted molar refractivity (Wildman–Crippen MR) is 74.5 cm³/mol. The van der Waals surface area contributed by atoms with Gasteiger partial charge in [0.25, 0.3) is 0 Å². The molecule has 2 aromatic rings. The van der Waals surface area contributed by atoms with E-state index in [0.29, 0.717) is 0 Å². The van der Waals surface area contributed by atoms with Crippen molar-refractivity contribution in [3.63, 3.8) is 0 Å². The zero-order valence-corrected chi connectivity index (χ0v) is 11.9. The number of rotatable bonds is 0. The first-order chi connectivity index (χ1) is 11.5. The van der Waals surface area contributed by atoms with Crippen molar-refractivity contribution in [3.8, 4) is 0 Å². The largest absolute Gasteiger partial charge is 0.386 e. The number of hydrogen-bond donors (Lipinski definition) is 0. The van der Waals surface area contributed by atoms with E-state index >= 15 is 0 Å². The molecule has 0 amide bonds. The molecule has 24 heavy (non-hydrogen) atoms. The fourth-order valence-electron chi connectivity index (χ4n) is 1.86. The van der Waals surface area contributed by atoms with Crippen molar-refractivity contribution < 1.29 is 38.7 Å². The van der Waals surface area contributed by atoms with Gasteiger partial charge in [0.05, 0.1) is 22.3 Å². The number of carbonyl (C=O) groups is 4. The van der Waals surface area contributed by atoms with Crippen LogP contribution in [0.3, 0.4) is 0 Å². The maximum Gasteiger partial charge on any atom is 0.386 e. The molecule has 8 heteroatoms. The highest BCUT2D eigenvalue weighted by Crippen LogP contribution is 2.13. The molecule has 0 fully saturated rings. The van der Waals surface area contributed by atoms with Gasteiger partial charge in [-0.1, -0.05) is 6.07 Å². The smallest absolute Gasteiger partial charge is 0.242 e. The average Bonchev–Trinajstić information content (AvgIpc) is 2.63. The van der Waals surface area contributed by atoms with E-state index in [2.05, 4.69) is 19.6 Å². The molecule has 2 aromatic carbocycles. The molecule has 0 saturated heterocycles. The molecular weight excluding hydrogens is 320 g/mol. The normalized spacial score (nSPS) is 14.7. The second-order valence-electron chi connectivity index (χ2n) is 4.64. The molecule has 2 aliphatic heterocycles. The van der Waals surface area contributed by atoms with Gasteiger partial charge in [0.15, 0.2) is 0 Å². The SMILES string of the molecule is O=C1OOC(=O)c2cccc(c2)C(=O)OOC(=O)c2ccc1cc2. The molecule has 0 spiro atoms. The second kappa shape index (κ2) is 6.21. The quantitative estimate of drug-likeness (QED) is 0.675. The first kappa shape index (κ1) is 15.2. The van der Waals surface area contributed by atoms with E-state index in [-0.39, 0.29) is 22.3 Å². The van der Waals surface area contributed by atoms with Crippen LogP contribution in [-0.2, 0) is 19.6 Å². The Balaban J connectivity index is 1.96. The molecule has 120 valence electrons. The Morgan fingerprint density at radius 3 is 1.17 bits per heavy atom. The molecule has 4 rings (SSSR count). The number of fused-ring (bicyclic) bond motifs is 8. The van der Waals surface area contributed by atoms with Crippen molar-refractivity contribution in [2.24, 2.45) is 0 Å². The number of carbonyl (C=O) groups excluding carboxylic acids is 4. The summed E-state index contributed by atoms with van der Waals surface area (Å²) in [5.74, 6) is -3.83. The molecule has 0 radical (unpaired) electrons. The molecule has 0 unspecified atom stereocenters. The van der Waals surface area contributed by atoms with E-state index in [1.165, 1.54) is 42.5 Å². The van der Waals surface area contributed by atoms with Crippen LogP contribution in [0.15, 0.2) is 48.5 Å². The van der Waals surface area contributed by atoms with Crippen LogP contribution in [0.1, 0.15) is 41.4 Å². The Morgan fingerprint density at radius 1 is 0.458 bits per heavy atom. The van der Waals surface area contributed by atoms with Gasteiger partial charge in [0.1, 0.15) is 0 Å². The molecule has 2 heterocycles. The van der Waals surface area contributed by atoms with Crippen LogP contribution in [0.5, 0.6) is 0 Å². The zero-order chi connectivity index (χ0) is 17.1. The molecule has 0 atom stereocenters. The molecule has 0 N–H and O–H groups in total. The lowest BCUT2D eigenvalue weighted by atomic mass is 10.1. The van der Waals surface area contributed by atoms with E-state index in [0.717, 1.165) is 6.07 Å². The summed E-state index contributed by atoms with van der Waals surface area (Å²) in [6, 6.07) is 10.2. The van der Waals surface area contributed by atoms with Crippen molar-refractivity contribution in [1.82, 2.24) is 0 Å². The van der Waals surface area contributed by atoms with Crippen LogP contribution in [-0.4, -0.2) is 23.9 Å². The average molecular weight is 328 g/mol. The van der Waals surface area contributed by atoms with Crippen molar-refractivity contribution in [1.29, 1.82) is 0 Å². The van der Waals surface area contributed by atoms with Gasteiger partial charge in [-0.2, -0.15) is 0 Å². The molecule has 8 nitrogen and oxygen atoms in total. The van der Waals surface area contributed by atoms with E-state index in [1.807, 2.05) is 0 Å². The van der Waals surface area contributed by atoms with Crippen LogP contribution >= 0.6 is 0 Å². The maximum absolute atomic E-state index is 11.8. The van der Waals surface area contributed by atoms with Gasteiger partial charge in [0, 0.05) is 0 Å². The minimum absolute atomic E-state index is 0.0416. The van der Waals surface area contributed by atoms with Crippen LogP contribution in [0.25, 0.3) is 0 Å². The molecular formula is C16H8O8. The van der Waals surface area contributed by atoms with E-state index in [9.17, 15) is 19.2 Å². The monoisotopic (exact) mass is 328 g/mol. The predicted octanol–water partition coefficient (Wildman–Crippen LogP) is 1.86. The van der Waals surface area contributed by atoms with Crippen LogP contribution < -0.4 is 0 Å². The lowest BCUT2D eigenvalue weighted by Gasteiger charge is -2.04. The van der Waals surface area contributed by atoms with E-state index in [4.69, 9.17) is 0 Å². The Bertz CT molecular complexity index is 771. The van der Waals surface area contributed by atoms with Crippen LogP contribution in [0.2, 0.25) is 0 Å². The lowest BCUT2D eigenvalue weighted by molar-refractivity contribution is -0.187. The third-order valence-corrected chi connectivity index (χ3v) is 3.08. The van der Waals surface area contributed by atoms with Crippen LogP contribution in [0.4, 0.5) is 0 Å². The Kier molecular flexibility index (Phi) is 3.94. The highest BCUT2D eigenvalue weighted by atomic mass is 17.2. The highest BCUT2D eigenvalue weighted by molar-refractivity contribution is 5.97. The maximum atomic E-state index is 11.8. The van der Waals surface area contributed by atoms with Gasteiger partial charge in [-0.25, -0.2) is 38.7 Å². The topological polar surface area (TPSA) is 105 Å². The summed E-state index contributed by atoms with van der Waals surface area (Å²) in [6.45, 7) is 0. The third-order valence-electron chi connectivity index (χ3n) is 3.08. The summed E-state index contributed by atoms with van der Waals surface area (Å²) in [5.41, 5.74) is -0.0404.